The van der Waals surface area contributed by atoms with Gasteiger partial charge in [0.2, 0.25) is 10.0 Å². The number of rotatable bonds is 7. The number of carbonyl (C=O) groups excluding carboxylic acids is 2. The second-order valence-corrected chi connectivity index (χ2v) is 8.79. The van der Waals surface area contributed by atoms with E-state index in [2.05, 4.69) is 5.32 Å². The lowest BCUT2D eigenvalue weighted by Crippen LogP contribution is -2.48. The molecule has 1 aromatic rings. The normalized spacial score (nSPS) is 16.3. The number of nitrogens with one attached hydrogen (secondary N) is 1. The smallest absolute Gasteiger partial charge is 0.341 e. The van der Waals surface area contributed by atoms with Crippen LogP contribution in [0.3, 0.4) is 0 Å². The summed E-state index contributed by atoms with van der Waals surface area (Å²) in [5.74, 6) is -2.80. The number of sulfonamides is 1. The van der Waals surface area contributed by atoms with Gasteiger partial charge in [0.05, 0.1) is 16.5 Å². The highest BCUT2D eigenvalue weighted by Crippen LogP contribution is 2.39. The van der Waals surface area contributed by atoms with Gasteiger partial charge < -0.3 is 10.1 Å². The van der Waals surface area contributed by atoms with E-state index in [-0.39, 0.29) is 10.8 Å². The predicted octanol–water partition coefficient (Wildman–Crippen LogP) is 1.04. The molecule has 0 bridgehead atoms. The predicted molar refractivity (Wildman–Crippen MR) is 92.4 cm³/mol. The first-order valence-electron chi connectivity index (χ1n) is 8.12. The number of esters is 1. The summed E-state index contributed by atoms with van der Waals surface area (Å²) in [5, 5.41) is 11.7. The molecule has 10 heteroatoms. The average Bonchev–Trinajstić information content (AvgIpc) is 3.45. The molecule has 0 spiro atoms. The monoisotopic (exact) mass is 397 g/mol. The van der Waals surface area contributed by atoms with Gasteiger partial charge in [-0.1, -0.05) is 0 Å². The van der Waals surface area contributed by atoms with Gasteiger partial charge in [-0.2, -0.15) is 5.26 Å². The zero-order chi connectivity index (χ0) is 20.4. The standard InChI is InChI=1S/C17H20FN3O5S/c1-17(10-19,11-4-5-11)20-15(22)9-26-16(23)13-8-12(6-7-14(13)18)27(24,25)21(2)3/h6-8,11H,4-5,9H2,1-3H3,(H,20,22)/t17-/m0/s1. The van der Waals surface area contributed by atoms with Crippen LogP contribution < -0.4 is 5.32 Å². The summed E-state index contributed by atoms with van der Waals surface area (Å²) >= 11 is 0. The third-order valence-corrected chi connectivity index (χ3v) is 6.11. The molecule has 8 nitrogen and oxygen atoms in total. The first-order chi connectivity index (χ1) is 12.5. The summed E-state index contributed by atoms with van der Waals surface area (Å²) in [6.07, 6.45) is 1.64. The van der Waals surface area contributed by atoms with Gasteiger partial charge in [-0.05, 0) is 43.9 Å². The lowest BCUT2D eigenvalue weighted by atomic mass is 9.98. The van der Waals surface area contributed by atoms with Crippen LogP contribution in [0.5, 0.6) is 0 Å². The van der Waals surface area contributed by atoms with Gasteiger partial charge in [-0.25, -0.2) is 21.9 Å². The lowest BCUT2D eigenvalue weighted by Gasteiger charge is -2.22. The maximum atomic E-state index is 13.9. The van der Waals surface area contributed by atoms with E-state index in [1.165, 1.54) is 14.1 Å². The van der Waals surface area contributed by atoms with Crippen molar-refractivity contribution in [3.05, 3.63) is 29.6 Å². The van der Waals surface area contributed by atoms with Gasteiger partial charge >= 0.3 is 5.97 Å². The molecule has 27 heavy (non-hydrogen) atoms. The summed E-state index contributed by atoms with van der Waals surface area (Å²) in [7, 11) is -1.27. The number of carbonyl (C=O) groups is 2. The molecule has 0 radical (unpaired) electrons. The topological polar surface area (TPSA) is 117 Å². The van der Waals surface area contributed by atoms with Crippen LogP contribution in [0, 0.1) is 23.1 Å². The molecular formula is C17H20FN3O5S. The molecule has 0 heterocycles. The van der Waals surface area contributed by atoms with Gasteiger partial charge in [0.15, 0.2) is 6.61 Å². The van der Waals surface area contributed by atoms with Crippen LogP contribution in [-0.4, -0.2) is 50.8 Å². The molecule has 1 aliphatic rings. The molecule has 0 aromatic heterocycles. The van der Waals surface area contributed by atoms with Crippen LogP contribution in [0.1, 0.15) is 30.1 Å². The summed E-state index contributed by atoms with van der Waals surface area (Å²) in [4.78, 5) is 23.8. The van der Waals surface area contributed by atoms with Crippen LogP contribution in [0.25, 0.3) is 0 Å². The molecule has 1 fully saturated rings. The Balaban J connectivity index is 2.08. The van der Waals surface area contributed by atoms with E-state index in [1.54, 1.807) is 6.92 Å². The molecule has 0 unspecified atom stereocenters. The molecule has 1 N–H and O–H groups in total. The molecule has 146 valence electrons. The van der Waals surface area contributed by atoms with E-state index < -0.39 is 45.4 Å². The number of nitrogens with zero attached hydrogens (tertiary/aromatic N) is 2. The number of amides is 1. The van der Waals surface area contributed by atoms with Crippen molar-refractivity contribution in [1.29, 1.82) is 5.26 Å². The third-order valence-electron chi connectivity index (χ3n) is 4.30. The van der Waals surface area contributed by atoms with Crippen molar-refractivity contribution in [2.24, 2.45) is 5.92 Å². The third kappa shape index (κ3) is 4.61. The number of halogens is 1. The van der Waals surface area contributed by atoms with Crippen molar-refractivity contribution in [2.75, 3.05) is 20.7 Å². The van der Waals surface area contributed by atoms with E-state index in [4.69, 9.17) is 4.74 Å². The maximum Gasteiger partial charge on any atom is 0.341 e. The second kappa shape index (κ2) is 7.62. The Morgan fingerprint density at radius 3 is 2.56 bits per heavy atom. The summed E-state index contributed by atoms with van der Waals surface area (Å²) in [6, 6.07) is 4.76. The Morgan fingerprint density at radius 1 is 1.41 bits per heavy atom. The largest absolute Gasteiger partial charge is 0.452 e. The number of hydrogen-bond donors (Lipinski definition) is 1. The van der Waals surface area contributed by atoms with Gasteiger partial charge in [0, 0.05) is 14.1 Å². The van der Waals surface area contributed by atoms with Gasteiger partial charge in [-0.3, -0.25) is 4.79 Å². The molecule has 1 saturated carbocycles. The van der Waals surface area contributed by atoms with Crippen molar-refractivity contribution in [3.8, 4) is 6.07 Å². The molecule has 0 saturated heterocycles. The van der Waals surface area contributed by atoms with E-state index >= 15 is 0 Å². The highest BCUT2D eigenvalue weighted by molar-refractivity contribution is 7.89. The Bertz CT molecular complexity index is 906. The van der Waals surface area contributed by atoms with Gasteiger partial charge in [0.1, 0.15) is 11.4 Å². The lowest BCUT2D eigenvalue weighted by molar-refractivity contribution is -0.125. The summed E-state index contributed by atoms with van der Waals surface area (Å²) in [5.41, 5.74) is -1.65. The fourth-order valence-electron chi connectivity index (χ4n) is 2.45. The van der Waals surface area contributed by atoms with Crippen molar-refractivity contribution in [2.45, 2.75) is 30.2 Å². The maximum absolute atomic E-state index is 13.9. The fourth-order valence-corrected chi connectivity index (χ4v) is 3.38. The van der Waals surface area contributed by atoms with Crippen LogP contribution in [0.2, 0.25) is 0 Å². The minimum absolute atomic E-state index is 0.0486. The van der Waals surface area contributed by atoms with Crippen LogP contribution in [0.15, 0.2) is 23.1 Å². The van der Waals surface area contributed by atoms with Crippen LogP contribution >= 0.6 is 0 Å². The Kier molecular flexibility index (Phi) is 5.87. The highest BCUT2D eigenvalue weighted by Gasteiger charge is 2.43. The summed E-state index contributed by atoms with van der Waals surface area (Å²) in [6.45, 7) is 0.868. The van der Waals surface area contributed by atoms with Gasteiger partial charge in [-0.15, -0.1) is 0 Å². The molecule has 1 aromatic carbocycles. The summed E-state index contributed by atoms with van der Waals surface area (Å²) < 4.78 is 43.8. The zero-order valence-electron chi connectivity index (χ0n) is 15.2. The Morgan fingerprint density at radius 2 is 2.04 bits per heavy atom. The van der Waals surface area contributed by atoms with Gasteiger partial charge in [0.25, 0.3) is 5.91 Å². The highest BCUT2D eigenvalue weighted by atomic mass is 32.2. The Hall–Kier alpha value is -2.51. The second-order valence-electron chi connectivity index (χ2n) is 6.64. The average molecular weight is 397 g/mol. The zero-order valence-corrected chi connectivity index (χ0v) is 16.0. The molecular weight excluding hydrogens is 377 g/mol. The molecule has 1 aliphatic carbocycles. The number of nitriles is 1. The molecule has 1 amide bonds. The number of hydrogen-bond acceptors (Lipinski definition) is 6. The van der Waals surface area contributed by atoms with Crippen molar-refractivity contribution < 1.29 is 27.1 Å². The van der Waals surface area contributed by atoms with Crippen LogP contribution in [-0.2, 0) is 19.6 Å². The van der Waals surface area contributed by atoms with E-state index in [1.807, 2.05) is 6.07 Å². The van der Waals surface area contributed by atoms with E-state index in [0.717, 1.165) is 35.3 Å². The van der Waals surface area contributed by atoms with Crippen molar-refractivity contribution in [1.82, 2.24) is 9.62 Å². The fraction of sp³-hybridized carbons (Fsp3) is 0.471. The van der Waals surface area contributed by atoms with Crippen LogP contribution in [0.4, 0.5) is 4.39 Å². The number of benzene rings is 1. The van der Waals surface area contributed by atoms with Crippen molar-refractivity contribution in [3.63, 3.8) is 0 Å². The first kappa shape index (κ1) is 20.8. The first-order valence-corrected chi connectivity index (χ1v) is 9.56. The minimum atomic E-state index is -3.87. The Labute approximate surface area is 157 Å². The van der Waals surface area contributed by atoms with Crippen molar-refractivity contribution >= 4 is 21.9 Å². The van der Waals surface area contributed by atoms with E-state index in [9.17, 15) is 27.7 Å². The quantitative estimate of drug-likeness (QED) is 0.687. The van der Waals surface area contributed by atoms with E-state index in [0.29, 0.717) is 0 Å². The molecule has 2 rings (SSSR count). The minimum Gasteiger partial charge on any atom is -0.452 e. The molecule has 1 atom stereocenters. The molecule has 0 aliphatic heterocycles. The SMILES string of the molecule is CN(C)S(=O)(=O)c1ccc(F)c(C(=O)OCC(=O)N[C@@](C)(C#N)C2CC2)c1. The number of ether oxygens (including phenoxy) is 1.